The maximum absolute atomic E-state index is 12.1. The molecule has 0 unspecified atom stereocenters. The minimum absolute atomic E-state index is 0.0216. The van der Waals surface area contributed by atoms with Crippen LogP contribution >= 0.6 is 0 Å². The maximum atomic E-state index is 12.1. The quantitative estimate of drug-likeness (QED) is 0.634. The van der Waals surface area contributed by atoms with Gasteiger partial charge in [0, 0.05) is 23.8 Å². The number of urea groups is 1. The van der Waals surface area contributed by atoms with Crippen molar-refractivity contribution in [1.82, 2.24) is 10.6 Å². The first-order chi connectivity index (χ1) is 12.0. The van der Waals surface area contributed by atoms with Crippen molar-refractivity contribution in [2.24, 2.45) is 5.92 Å². The fraction of sp³-hybridized carbons (Fsp3) is 0.500. The maximum Gasteiger partial charge on any atom is 0.319 e. The highest BCUT2D eigenvalue weighted by Gasteiger charge is 2.26. The molecule has 0 aromatic heterocycles. The third kappa shape index (κ3) is 5.77. The fourth-order valence-electron chi connectivity index (χ4n) is 2.92. The molecule has 0 spiro atoms. The largest absolute Gasteiger partial charge is 0.481 e. The number of aliphatic carboxylic acids is 1. The first-order valence-electron chi connectivity index (χ1n) is 8.68. The second-order valence-corrected chi connectivity index (χ2v) is 6.32. The molecule has 0 bridgehead atoms. The Bertz CT molecular complexity index is 625. The molecule has 1 saturated carbocycles. The minimum Gasteiger partial charge on any atom is -0.481 e. The summed E-state index contributed by atoms with van der Waals surface area (Å²) in [7, 11) is 0. The van der Waals surface area contributed by atoms with Crippen molar-refractivity contribution in [3.63, 3.8) is 0 Å². The van der Waals surface area contributed by atoms with E-state index >= 15 is 0 Å². The highest BCUT2D eigenvalue weighted by Crippen LogP contribution is 2.24. The van der Waals surface area contributed by atoms with Gasteiger partial charge < -0.3 is 21.1 Å². The molecule has 1 fully saturated rings. The molecule has 0 radical (unpaired) electrons. The number of rotatable bonds is 6. The van der Waals surface area contributed by atoms with E-state index in [-0.39, 0.29) is 23.9 Å². The van der Waals surface area contributed by atoms with Gasteiger partial charge in [0.25, 0.3) is 5.91 Å². The number of nitrogens with one attached hydrogen (secondary N) is 3. The Morgan fingerprint density at radius 3 is 2.52 bits per heavy atom. The van der Waals surface area contributed by atoms with Crippen LogP contribution in [0.25, 0.3) is 0 Å². The van der Waals surface area contributed by atoms with E-state index in [0.717, 1.165) is 6.42 Å². The molecule has 0 aliphatic heterocycles. The van der Waals surface area contributed by atoms with Crippen LogP contribution in [-0.2, 0) is 4.79 Å². The monoisotopic (exact) mass is 347 g/mol. The van der Waals surface area contributed by atoms with E-state index < -0.39 is 5.97 Å². The number of anilines is 1. The number of hydrogen-bond donors (Lipinski definition) is 4. The number of carboxylic acid groups (broad SMARTS) is 1. The van der Waals surface area contributed by atoms with Crippen LogP contribution < -0.4 is 16.0 Å². The van der Waals surface area contributed by atoms with Crippen LogP contribution in [0, 0.1) is 5.92 Å². The number of benzene rings is 1. The average Bonchev–Trinajstić information content (AvgIpc) is 2.60. The molecule has 1 aromatic carbocycles. The lowest BCUT2D eigenvalue weighted by atomic mass is 9.86. The first kappa shape index (κ1) is 18.8. The van der Waals surface area contributed by atoms with E-state index in [0.29, 0.717) is 43.5 Å². The molecule has 7 heteroatoms. The van der Waals surface area contributed by atoms with Crippen molar-refractivity contribution in [1.29, 1.82) is 0 Å². The summed E-state index contributed by atoms with van der Waals surface area (Å²) in [5.74, 6) is -1.24. The number of carboxylic acids is 1. The molecule has 4 N–H and O–H groups in total. The van der Waals surface area contributed by atoms with Crippen molar-refractivity contribution in [2.75, 3.05) is 11.9 Å². The smallest absolute Gasteiger partial charge is 0.319 e. The van der Waals surface area contributed by atoms with Crippen LogP contribution in [0.1, 0.15) is 49.4 Å². The molecule has 2 rings (SSSR count). The molecule has 0 atom stereocenters. The Balaban J connectivity index is 1.84. The van der Waals surface area contributed by atoms with Crippen molar-refractivity contribution in [3.05, 3.63) is 29.8 Å². The van der Waals surface area contributed by atoms with E-state index in [1.807, 2.05) is 6.92 Å². The van der Waals surface area contributed by atoms with Crippen LogP contribution in [-0.4, -0.2) is 35.6 Å². The second kappa shape index (κ2) is 9.05. The molecule has 3 amide bonds. The summed E-state index contributed by atoms with van der Waals surface area (Å²) in [5, 5.41) is 17.4. The molecule has 0 heterocycles. The number of carbonyl (C=O) groups excluding carboxylic acids is 2. The topological polar surface area (TPSA) is 108 Å². The molecule has 0 saturated heterocycles. The van der Waals surface area contributed by atoms with Gasteiger partial charge in [-0.05, 0) is 50.3 Å². The lowest BCUT2D eigenvalue weighted by Gasteiger charge is -2.26. The SMILES string of the molecule is CCCNC(=O)c1cccc(NC(=O)NC2CCC(C(=O)O)CC2)c1. The van der Waals surface area contributed by atoms with Gasteiger partial charge >= 0.3 is 12.0 Å². The van der Waals surface area contributed by atoms with Gasteiger partial charge in [0.05, 0.1) is 5.92 Å². The van der Waals surface area contributed by atoms with Crippen LogP contribution in [0.15, 0.2) is 24.3 Å². The Kier molecular flexibility index (Phi) is 6.80. The van der Waals surface area contributed by atoms with Gasteiger partial charge in [-0.25, -0.2) is 4.79 Å². The van der Waals surface area contributed by atoms with Crippen molar-refractivity contribution >= 4 is 23.6 Å². The lowest BCUT2D eigenvalue weighted by Crippen LogP contribution is -2.41. The zero-order chi connectivity index (χ0) is 18.2. The van der Waals surface area contributed by atoms with E-state index in [1.165, 1.54) is 0 Å². The van der Waals surface area contributed by atoms with Crippen molar-refractivity contribution < 1.29 is 19.5 Å². The summed E-state index contributed by atoms with van der Waals surface area (Å²) >= 11 is 0. The Hall–Kier alpha value is -2.57. The van der Waals surface area contributed by atoms with Gasteiger partial charge in [0.2, 0.25) is 0 Å². The van der Waals surface area contributed by atoms with Crippen molar-refractivity contribution in [3.8, 4) is 0 Å². The van der Waals surface area contributed by atoms with Crippen molar-refractivity contribution in [2.45, 2.75) is 45.1 Å². The second-order valence-electron chi connectivity index (χ2n) is 6.32. The predicted molar refractivity (Wildman–Crippen MR) is 94.6 cm³/mol. The zero-order valence-electron chi connectivity index (χ0n) is 14.4. The predicted octanol–water partition coefficient (Wildman–Crippen LogP) is 2.59. The van der Waals surface area contributed by atoms with Gasteiger partial charge in [-0.1, -0.05) is 13.0 Å². The van der Waals surface area contributed by atoms with Gasteiger partial charge in [-0.15, -0.1) is 0 Å². The summed E-state index contributed by atoms with van der Waals surface area (Å²) < 4.78 is 0. The standard InChI is InChI=1S/C18H25N3O4/c1-2-10-19-16(22)13-4-3-5-15(11-13)21-18(25)20-14-8-6-12(7-9-14)17(23)24/h3-5,11-12,14H,2,6-10H2,1H3,(H,19,22)(H,23,24)(H2,20,21,25). The molecule has 1 aliphatic rings. The molecule has 1 aliphatic carbocycles. The van der Waals surface area contributed by atoms with Crippen LogP contribution in [0.4, 0.5) is 10.5 Å². The summed E-state index contributed by atoms with van der Waals surface area (Å²) in [6.45, 7) is 2.59. The van der Waals surface area contributed by atoms with E-state index in [1.54, 1.807) is 24.3 Å². The molecule has 7 nitrogen and oxygen atoms in total. The average molecular weight is 347 g/mol. The Morgan fingerprint density at radius 1 is 1.16 bits per heavy atom. The summed E-state index contributed by atoms with van der Waals surface area (Å²) in [4.78, 5) is 35.0. The normalized spacial score (nSPS) is 19.7. The molecular formula is C18H25N3O4. The van der Waals surface area contributed by atoms with Gasteiger partial charge in [-0.2, -0.15) is 0 Å². The van der Waals surface area contributed by atoms with Gasteiger partial charge in [-0.3, -0.25) is 9.59 Å². The van der Waals surface area contributed by atoms with Crippen LogP contribution in [0.3, 0.4) is 0 Å². The Morgan fingerprint density at radius 2 is 1.88 bits per heavy atom. The van der Waals surface area contributed by atoms with E-state index in [9.17, 15) is 14.4 Å². The van der Waals surface area contributed by atoms with E-state index in [2.05, 4.69) is 16.0 Å². The molecule has 136 valence electrons. The first-order valence-corrected chi connectivity index (χ1v) is 8.68. The molecule has 25 heavy (non-hydrogen) atoms. The number of carbonyl (C=O) groups is 3. The number of hydrogen-bond acceptors (Lipinski definition) is 3. The summed E-state index contributed by atoms with van der Waals surface area (Å²) in [6.07, 6.45) is 3.32. The zero-order valence-corrected chi connectivity index (χ0v) is 14.4. The highest BCUT2D eigenvalue weighted by molar-refractivity contribution is 5.96. The Labute approximate surface area is 147 Å². The molecule has 1 aromatic rings. The van der Waals surface area contributed by atoms with E-state index in [4.69, 9.17) is 5.11 Å². The third-order valence-corrected chi connectivity index (χ3v) is 4.33. The highest BCUT2D eigenvalue weighted by atomic mass is 16.4. The minimum atomic E-state index is -0.763. The van der Waals surface area contributed by atoms with Gasteiger partial charge in [0.1, 0.15) is 0 Å². The third-order valence-electron chi connectivity index (χ3n) is 4.33. The fourth-order valence-corrected chi connectivity index (χ4v) is 2.92. The summed E-state index contributed by atoms with van der Waals surface area (Å²) in [6, 6.07) is 6.40. The summed E-state index contributed by atoms with van der Waals surface area (Å²) in [5.41, 5.74) is 1.04. The van der Waals surface area contributed by atoms with Gasteiger partial charge in [0.15, 0.2) is 0 Å². The molecular weight excluding hydrogens is 322 g/mol. The van der Waals surface area contributed by atoms with Crippen LogP contribution in [0.2, 0.25) is 0 Å². The lowest BCUT2D eigenvalue weighted by molar-refractivity contribution is -0.142. The number of amides is 3. The van der Waals surface area contributed by atoms with Crippen LogP contribution in [0.5, 0.6) is 0 Å².